The van der Waals surface area contributed by atoms with E-state index in [-0.39, 0.29) is 11.8 Å². The van der Waals surface area contributed by atoms with E-state index in [1.54, 1.807) is 12.1 Å². The zero-order valence-electron chi connectivity index (χ0n) is 6.66. The topological polar surface area (TPSA) is 55.5 Å². The summed E-state index contributed by atoms with van der Waals surface area (Å²) in [6.45, 7) is 0.538. The number of phenols is 1. The Morgan fingerprint density at radius 3 is 3.17 bits per heavy atom. The summed E-state index contributed by atoms with van der Waals surface area (Å²) in [4.78, 5) is 0. The molecule has 1 aliphatic rings. The quantitative estimate of drug-likeness (QED) is 0.593. The molecule has 1 atom stereocenters. The van der Waals surface area contributed by atoms with Crippen LogP contribution < -0.4 is 10.5 Å². The lowest BCUT2D eigenvalue weighted by molar-refractivity contribution is 0.262. The minimum Gasteiger partial charge on any atom is -0.508 e. The molecule has 64 valence electrons. The van der Waals surface area contributed by atoms with Gasteiger partial charge in [-0.3, -0.25) is 0 Å². The second kappa shape index (κ2) is 2.68. The van der Waals surface area contributed by atoms with Gasteiger partial charge in [0.1, 0.15) is 18.1 Å². The number of aromatic hydroxyl groups is 1. The Morgan fingerprint density at radius 2 is 2.33 bits per heavy atom. The molecule has 0 amide bonds. The average molecular weight is 165 g/mol. The Kier molecular flexibility index (Phi) is 1.66. The van der Waals surface area contributed by atoms with Gasteiger partial charge in [-0.15, -0.1) is 0 Å². The minimum absolute atomic E-state index is 0.0852. The normalized spacial score (nSPS) is 21.2. The fourth-order valence-electron chi connectivity index (χ4n) is 1.38. The van der Waals surface area contributed by atoms with E-state index in [2.05, 4.69) is 0 Å². The minimum atomic E-state index is 0.0852. The fraction of sp³-hybridized carbons (Fsp3) is 0.333. The number of hydrogen-bond donors (Lipinski definition) is 2. The van der Waals surface area contributed by atoms with Crippen LogP contribution in [0.2, 0.25) is 0 Å². The van der Waals surface area contributed by atoms with Crippen LogP contribution in [0.1, 0.15) is 5.56 Å². The molecule has 1 unspecified atom stereocenters. The standard InChI is InChI=1S/C9H11NO2/c10-7-3-6-1-2-8(11)4-9(6)12-5-7/h1-2,4,7,11H,3,5,10H2. The highest BCUT2D eigenvalue weighted by molar-refractivity contribution is 5.41. The second-order valence-corrected chi connectivity index (χ2v) is 3.07. The molecule has 3 N–H and O–H groups in total. The Morgan fingerprint density at radius 1 is 1.50 bits per heavy atom. The maximum atomic E-state index is 9.14. The maximum Gasteiger partial charge on any atom is 0.126 e. The molecule has 0 fully saturated rings. The van der Waals surface area contributed by atoms with Gasteiger partial charge in [0, 0.05) is 12.1 Å². The first-order valence-electron chi connectivity index (χ1n) is 3.96. The van der Waals surface area contributed by atoms with E-state index in [9.17, 15) is 0 Å². The number of phenolic OH excluding ortho intramolecular Hbond substituents is 1. The first-order valence-corrected chi connectivity index (χ1v) is 3.96. The molecule has 1 aromatic rings. The summed E-state index contributed by atoms with van der Waals surface area (Å²) in [5.74, 6) is 1.00. The Hall–Kier alpha value is -1.22. The third-order valence-corrected chi connectivity index (χ3v) is 1.99. The van der Waals surface area contributed by atoms with E-state index in [0.29, 0.717) is 6.61 Å². The lowest BCUT2D eigenvalue weighted by atomic mass is 10.0. The molecule has 0 radical (unpaired) electrons. The second-order valence-electron chi connectivity index (χ2n) is 3.07. The number of rotatable bonds is 0. The summed E-state index contributed by atoms with van der Waals surface area (Å²) in [6.07, 6.45) is 0.829. The third-order valence-electron chi connectivity index (χ3n) is 1.99. The van der Waals surface area contributed by atoms with E-state index < -0.39 is 0 Å². The van der Waals surface area contributed by atoms with Gasteiger partial charge in [0.15, 0.2) is 0 Å². The Labute approximate surface area is 70.8 Å². The third kappa shape index (κ3) is 1.23. The van der Waals surface area contributed by atoms with Crippen LogP contribution in [0.3, 0.4) is 0 Å². The van der Waals surface area contributed by atoms with Gasteiger partial charge in [0.25, 0.3) is 0 Å². The Bertz CT molecular complexity index is 299. The zero-order chi connectivity index (χ0) is 8.55. The summed E-state index contributed by atoms with van der Waals surface area (Å²) < 4.78 is 5.33. The number of nitrogens with two attached hydrogens (primary N) is 1. The van der Waals surface area contributed by atoms with Gasteiger partial charge in [-0.05, 0) is 18.1 Å². The van der Waals surface area contributed by atoms with E-state index in [4.69, 9.17) is 15.6 Å². The highest BCUT2D eigenvalue weighted by Crippen LogP contribution is 2.27. The molecule has 2 rings (SSSR count). The molecule has 3 heteroatoms. The summed E-state index contributed by atoms with van der Waals surface area (Å²) >= 11 is 0. The maximum absolute atomic E-state index is 9.14. The molecule has 0 spiro atoms. The fourth-order valence-corrected chi connectivity index (χ4v) is 1.38. The van der Waals surface area contributed by atoms with Crippen molar-refractivity contribution in [3.05, 3.63) is 23.8 Å². The van der Waals surface area contributed by atoms with Crippen molar-refractivity contribution in [2.75, 3.05) is 6.61 Å². The molecule has 0 bridgehead atoms. The van der Waals surface area contributed by atoms with E-state index in [0.717, 1.165) is 17.7 Å². The van der Waals surface area contributed by atoms with Crippen LogP contribution in [0.4, 0.5) is 0 Å². The van der Waals surface area contributed by atoms with Crippen molar-refractivity contribution in [2.45, 2.75) is 12.5 Å². The van der Waals surface area contributed by atoms with Gasteiger partial charge in [-0.25, -0.2) is 0 Å². The van der Waals surface area contributed by atoms with Crippen LogP contribution in [-0.4, -0.2) is 17.8 Å². The SMILES string of the molecule is NC1COc2cc(O)ccc2C1. The van der Waals surface area contributed by atoms with Crippen molar-refractivity contribution in [2.24, 2.45) is 5.73 Å². The summed E-state index contributed by atoms with van der Waals surface area (Å²) in [6, 6.07) is 5.22. The molecule has 0 aliphatic carbocycles. The smallest absolute Gasteiger partial charge is 0.126 e. The van der Waals surface area contributed by atoms with Crippen molar-refractivity contribution in [1.29, 1.82) is 0 Å². The molecule has 1 aliphatic heterocycles. The van der Waals surface area contributed by atoms with Gasteiger partial charge in [-0.1, -0.05) is 6.07 Å². The highest BCUT2D eigenvalue weighted by atomic mass is 16.5. The lowest BCUT2D eigenvalue weighted by Gasteiger charge is -2.22. The first-order chi connectivity index (χ1) is 5.75. The van der Waals surface area contributed by atoms with Crippen LogP contribution in [-0.2, 0) is 6.42 Å². The molecule has 1 aromatic carbocycles. The van der Waals surface area contributed by atoms with Crippen molar-refractivity contribution in [3.63, 3.8) is 0 Å². The summed E-state index contributed by atoms with van der Waals surface area (Å²) in [7, 11) is 0. The number of hydrogen-bond acceptors (Lipinski definition) is 3. The average Bonchev–Trinajstić information content (AvgIpc) is 2.05. The van der Waals surface area contributed by atoms with Crippen LogP contribution in [0.15, 0.2) is 18.2 Å². The van der Waals surface area contributed by atoms with Gasteiger partial charge >= 0.3 is 0 Å². The predicted octanol–water partition coefficient (Wildman–Crippen LogP) is 0.654. The van der Waals surface area contributed by atoms with E-state index in [1.807, 2.05) is 6.07 Å². The molecule has 0 aromatic heterocycles. The van der Waals surface area contributed by atoms with Crippen molar-refractivity contribution in [1.82, 2.24) is 0 Å². The molecule has 3 nitrogen and oxygen atoms in total. The van der Waals surface area contributed by atoms with Crippen LogP contribution in [0.25, 0.3) is 0 Å². The molecule has 12 heavy (non-hydrogen) atoms. The molecule has 1 heterocycles. The number of benzene rings is 1. The number of fused-ring (bicyclic) bond motifs is 1. The highest BCUT2D eigenvalue weighted by Gasteiger charge is 2.16. The molecular formula is C9H11NO2. The zero-order valence-corrected chi connectivity index (χ0v) is 6.66. The van der Waals surface area contributed by atoms with Gasteiger partial charge in [-0.2, -0.15) is 0 Å². The van der Waals surface area contributed by atoms with Crippen molar-refractivity contribution >= 4 is 0 Å². The first kappa shape index (κ1) is 7.43. The van der Waals surface area contributed by atoms with Crippen LogP contribution in [0.5, 0.6) is 11.5 Å². The lowest BCUT2D eigenvalue weighted by Crippen LogP contribution is -2.33. The van der Waals surface area contributed by atoms with E-state index >= 15 is 0 Å². The van der Waals surface area contributed by atoms with E-state index in [1.165, 1.54) is 0 Å². The van der Waals surface area contributed by atoms with Crippen LogP contribution in [0, 0.1) is 0 Å². The summed E-state index contributed by atoms with van der Waals surface area (Å²) in [5, 5.41) is 9.14. The van der Waals surface area contributed by atoms with Crippen molar-refractivity contribution in [3.8, 4) is 11.5 Å². The number of ether oxygens (including phenoxy) is 1. The largest absolute Gasteiger partial charge is 0.508 e. The molecular weight excluding hydrogens is 154 g/mol. The Balaban J connectivity index is 2.37. The van der Waals surface area contributed by atoms with Crippen molar-refractivity contribution < 1.29 is 9.84 Å². The molecule has 0 saturated heterocycles. The monoisotopic (exact) mass is 165 g/mol. The van der Waals surface area contributed by atoms with Gasteiger partial charge < -0.3 is 15.6 Å². The van der Waals surface area contributed by atoms with Gasteiger partial charge in [0.05, 0.1) is 0 Å². The van der Waals surface area contributed by atoms with Gasteiger partial charge in [0.2, 0.25) is 0 Å². The van der Waals surface area contributed by atoms with Crippen LogP contribution >= 0.6 is 0 Å². The predicted molar refractivity (Wildman–Crippen MR) is 45.3 cm³/mol. The molecule has 0 saturated carbocycles. The summed E-state index contributed by atoms with van der Waals surface area (Å²) in [5.41, 5.74) is 6.78.